The van der Waals surface area contributed by atoms with Crippen LogP contribution >= 0.6 is 16.0 Å². The van der Waals surface area contributed by atoms with Crippen molar-refractivity contribution < 1.29 is 43.2 Å². The van der Waals surface area contributed by atoms with Gasteiger partial charge in [-0.2, -0.15) is 0 Å². The molecule has 0 fully saturated rings. The molecule has 0 spiro atoms. The fraction of sp³-hybridized carbons (Fsp3) is 0.556. The molecule has 3 unspecified atom stereocenters. The predicted octanol–water partition coefficient (Wildman–Crippen LogP) is 5.59. The molecule has 0 aromatic heterocycles. The molecule has 2 rings (SSSR count). The number of hydrogen-bond donors (Lipinski definition) is 6. The molecule has 0 aliphatic carbocycles. The van der Waals surface area contributed by atoms with Crippen molar-refractivity contribution in [3.8, 4) is 0 Å². The largest absolute Gasteiger partial charge is 0.470 e. The predicted molar refractivity (Wildman–Crippen MR) is 149 cm³/mol. The Morgan fingerprint density at radius 1 is 0.737 bits per heavy atom. The maximum absolute atomic E-state index is 11.5. The second-order valence-corrected chi connectivity index (χ2v) is 12.8. The zero-order valence-corrected chi connectivity index (χ0v) is 24.2. The third-order valence-electron chi connectivity index (χ3n) is 6.83. The average Bonchev–Trinajstić information content (AvgIpc) is 2.82. The number of unbranched alkanes of at least 4 members (excludes halogenated alkanes) is 4. The number of phosphoric acid groups is 1. The maximum Gasteiger partial charge on any atom is 0.470 e. The van der Waals surface area contributed by atoms with E-state index in [9.17, 15) is 34.1 Å². The first kappa shape index (κ1) is 33.0. The van der Waals surface area contributed by atoms with E-state index in [1.165, 1.54) is 0 Å². The summed E-state index contributed by atoms with van der Waals surface area (Å²) in [7, 11) is -9.38. The van der Waals surface area contributed by atoms with Crippen molar-refractivity contribution in [2.45, 2.75) is 95.4 Å². The molecule has 11 heteroatoms. The van der Waals surface area contributed by atoms with E-state index in [0.29, 0.717) is 37.7 Å². The zero-order chi connectivity index (χ0) is 28.3. The Morgan fingerprint density at radius 2 is 1.16 bits per heavy atom. The van der Waals surface area contributed by atoms with Gasteiger partial charge in [-0.15, -0.1) is 0 Å². The monoisotopic (exact) mass is 574 g/mol. The topological polar surface area (TPSA) is 157 Å². The van der Waals surface area contributed by atoms with Crippen molar-refractivity contribution in [2.24, 2.45) is 0 Å². The van der Waals surface area contributed by atoms with Crippen molar-refractivity contribution in [3.63, 3.8) is 0 Å². The van der Waals surface area contributed by atoms with Gasteiger partial charge < -0.3 is 9.79 Å². The van der Waals surface area contributed by atoms with E-state index in [1.807, 2.05) is 48.5 Å². The van der Waals surface area contributed by atoms with Gasteiger partial charge in [0.25, 0.3) is 0 Å². The van der Waals surface area contributed by atoms with Crippen molar-refractivity contribution in [3.05, 3.63) is 71.8 Å². The van der Waals surface area contributed by atoms with Crippen LogP contribution in [0.1, 0.15) is 89.2 Å². The number of rotatable bonds is 18. The Balaban J connectivity index is 1.71. The van der Waals surface area contributed by atoms with Gasteiger partial charge in [0.05, 0.1) is 0 Å². The Kier molecular flexibility index (Phi) is 13.0. The number of hydrogen-bond acceptors (Lipinski definition) is 7. The van der Waals surface area contributed by atoms with Gasteiger partial charge in [0.2, 0.25) is 0 Å². The minimum absolute atomic E-state index is 0.439. The second-order valence-electron chi connectivity index (χ2n) is 10.3. The summed E-state index contributed by atoms with van der Waals surface area (Å²) in [6.45, 7) is 3.42. The molecule has 9 nitrogen and oxygen atoms in total. The van der Waals surface area contributed by atoms with Gasteiger partial charge >= 0.3 is 153 Å². The van der Waals surface area contributed by atoms with E-state index < -0.39 is 33.3 Å². The Bertz CT molecular complexity index is 981. The SMILES string of the molecule is CC(CCCCCC(O)CCCCCC(C)(O[PH](O)(O)O)c1ccccc1)(OP(=O)(O)O)c1ccccc1. The third-order valence-corrected chi connectivity index (χ3v) is 8.20. The molecule has 3 atom stereocenters. The van der Waals surface area contributed by atoms with Gasteiger partial charge in [-0.1, -0.05) is 30.3 Å². The van der Waals surface area contributed by atoms with Crippen LogP contribution in [0.15, 0.2) is 60.7 Å². The number of phosphoric ester groups is 1. The van der Waals surface area contributed by atoms with Gasteiger partial charge in [-0.05, 0) is 18.9 Å². The summed E-state index contributed by atoms with van der Waals surface area (Å²) in [6, 6.07) is 18.2. The van der Waals surface area contributed by atoms with Crippen LogP contribution in [0, 0.1) is 0 Å². The van der Waals surface area contributed by atoms with Crippen molar-refractivity contribution >= 4 is 16.0 Å². The number of aliphatic hydroxyl groups excluding tert-OH is 1. The summed E-state index contributed by atoms with van der Waals surface area (Å²) in [4.78, 5) is 47.3. The van der Waals surface area contributed by atoms with E-state index in [1.54, 1.807) is 26.0 Å². The second kappa shape index (κ2) is 15.0. The fourth-order valence-corrected chi connectivity index (χ4v) is 6.37. The van der Waals surface area contributed by atoms with Gasteiger partial charge in [0, 0.05) is 0 Å². The molecule has 0 heterocycles. The molecular weight excluding hydrogens is 530 g/mol. The summed E-state index contributed by atoms with van der Waals surface area (Å²) in [5.41, 5.74) is -0.658. The van der Waals surface area contributed by atoms with Crippen LogP contribution in [0.3, 0.4) is 0 Å². The zero-order valence-electron chi connectivity index (χ0n) is 22.3. The summed E-state index contributed by atoms with van der Waals surface area (Å²) in [5, 5.41) is 10.4. The molecule has 38 heavy (non-hydrogen) atoms. The first-order valence-electron chi connectivity index (χ1n) is 13.2. The van der Waals surface area contributed by atoms with Crippen LogP contribution in [0.2, 0.25) is 0 Å². The van der Waals surface area contributed by atoms with E-state index in [2.05, 4.69) is 0 Å². The van der Waals surface area contributed by atoms with Crippen LogP contribution in [0.4, 0.5) is 0 Å². The summed E-state index contributed by atoms with van der Waals surface area (Å²) in [5.74, 6) is 0. The molecule has 0 radical (unpaired) electrons. The molecule has 0 bridgehead atoms. The molecule has 0 aliphatic rings. The normalized spacial score (nSPS) is 16.9. The Hall–Kier alpha value is -1.22. The van der Waals surface area contributed by atoms with Gasteiger partial charge in [0.1, 0.15) is 5.60 Å². The van der Waals surface area contributed by atoms with E-state index >= 15 is 0 Å². The number of benzene rings is 2. The Morgan fingerprint density at radius 3 is 1.58 bits per heavy atom. The molecule has 2 aromatic carbocycles. The first-order valence-corrected chi connectivity index (χ1v) is 16.4. The number of aliphatic hydroxyl groups is 1. The van der Waals surface area contributed by atoms with E-state index in [-0.39, 0.29) is 0 Å². The minimum atomic E-state index is -4.71. The van der Waals surface area contributed by atoms with Gasteiger partial charge in [-0.3, -0.25) is 4.52 Å². The van der Waals surface area contributed by atoms with E-state index in [0.717, 1.165) is 37.7 Å². The molecule has 216 valence electrons. The standard InChI is InChI=1S/C27H44O9P2/c1-26(35-37(29,30)31,23-15-7-3-8-16-23)21-13-5-11-19-25(28)20-12-6-14-22-27(2,36-38(32,33)34)24-17-9-4-10-18-24/h3-4,7-10,15-18,25,28-31,37H,5-6,11-14,19-22H2,1-2H3,(H2,32,33,34). The minimum Gasteiger partial charge on any atom is -0.303 e. The maximum atomic E-state index is 11.5. The van der Waals surface area contributed by atoms with Crippen LogP contribution < -0.4 is 0 Å². The van der Waals surface area contributed by atoms with Crippen molar-refractivity contribution in [1.82, 2.24) is 0 Å². The van der Waals surface area contributed by atoms with Crippen molar-refractivity contribution in [2.75, 3.05) is 0 Å². The molecule has 2 aromatic rings. The van der Waals surface area contributed by atoms with E-state index in [4.69, 9.17) is 9.05 Å². The van der Waals surface area contributed by atoms with Crippen LogP contribution in [-0.4, -0.2) is 35.7 Å². The van der Waals surface area contributed by atoms with Crippen LogP contribution in [0.5, 0.6) is 0 Å². The molecule has 0 amide bonds. The fourth-order valence-electron chi connectivity index (χ4n) is 4.83. The average molecular weight is 575 g/mol. The smallest absolute Gasteiger partial charge is 0.303 e. The summed E-state index contributed by atoms with van der Waals surface area (Å²) in [6.07, 6.45) is 6.39. The first-order chi connectivity index (χ1) is 17.7. The molecular formula is C27H44O9P2. The third kappa shape index (κ3) is 12.3. The molecule has 0 saturated heterocycles. The molecule has 6 N–H and O–H groups in total. The summed E-state index contributed by atoms with van der Waals surface area (Å²) >= 11 is 0. The van der Waals surface area contributed by atoms with Gasteiger partial charge in [0.15, 0.2) is 0 Å². The van der Waals surface area contributed by atoms with Gasteiger partial charge in [-0.25, -0.2) is 4.57 Å². The van der Waals surface area contributed by atoms with Crippen LogP contribution in [0.25, 0.3) is 0 Å². The molecule has 0 aliphatic heterocycles. The summed E-state index contributed by atoms with van der Waals surface area (Å²) < 4.78 is 22.0. The Labute approximate surface area is 226 Å². The quantitative estimate of drug-likeness (QED) is 0.0986. The van der Waals surface area contributed by atoms with Crippen molar-refractivity contribution in [1.29, 1.82) is 0 Å². The van der Waals surface area contributed by atoms with Crippen LogP contribution in [-0.2, 0) is 24.8 Å². The molecule has 0 saturated carbocycles.